The van der Waals surface area contributed by atoms with Gasteiger partial charge in [-0.3, -0.25) is 9.69 Å². The van der Waals surface area contributed by atoms with E-state index in [0.717, 1.165) is 0 Å². The fourth-order valence-corrected chi connectivity index (χ4v) is 4.04. The number of benzene rings is 2. The van der Waals surface area contributed by atoms with E-state index in [1.165, 1.54) is 16.7 Å². The Bertz CT molecular complexity index is 989. The van der Waals surface area contributed by atoms with Crippen LogP contribution in [0.5, 0.6) is 11.5 Å². The van der Waals surface area contributed by atoms with Crippen molar-refractivity contribution >= 4 is 51.9 Å². The molecule has 1 atom stereocenters. The highest BCUT2D eigenvalue weighted by Crippen LogP contribution is 2.38. The molecule has 29 heavy (non-hydrogen) atoms. The monoisotopic (exact) mass is 429 g/mol. The van der Waals surface area contributed by atoms with Gasteiger partial charge in [0.1, 0.15) is 11.5 Å². The number of ether oxygens (including phenoxy) is 2. The zero-order valence-electron chi connectivity index (χ0n) is 15.8. The van der Waals surface area contributed by atoms with Crippen molar-refractivity contribution in [3.8, 4) is 11.5 Å². The van der Waals surface area contributed by atoms with E-state index in [4.69, 9.17) is 21.7 Å². The average Bonchev–Trinajstić information content (AvgIpc) is 3.00. The first kappa shape index (κ1) is 20.9. The van der Waals surface area contributed by atoms with E-state index in [9.17, 15) is 14.7 Å². The van der Waals surface area contributed by atoms with E-state index in [1.54, 1.807) is 68.6 Å². The molecule has 1 fully saturated rings. The first-order chi connectivity index (χ1) is 13.9. The van der Waals surface area contributed by atoms with Gasteiger partial charge in [0.25, 0.3) is 5.91 Å². The minimum Gasteiger partial charge on any atom is -0.497 e. The van der Waals surface area contributed by atoms with Gasteiger partial charge in [0, 0.05) is 11.6 Å². The molecule has 1 N–H and O–H groups in total. The van der Waals surface area contributed by atoms with E-state index in [-0.39, 0.29) is 5.91 Å². The molecule has 1 aliphatic rings. The maximum absolute atomic E-state index is 13.0. The Morgan fingerprint density at radius 3 is 2.72 bits per heavy atom. The molecule has 8 heteroatoms. The van der Waals surface area contributed by atoms with Gasteiger partial charge in [0.15, 0.2) is 10.4 Å². The quantitative estimate of drug-likeness (QED) is 0.518. The van der Waals surface area contributed by atoms with Crippen molar-refractivity contribution in [3.63, 3.8) is 0 Å². The van der Waals surface area contributed by atoms with Crippen molar-refractivity contribution in [2.45, 2.75) is 19.4 Å². The first-order valence-electron chi connectivity index (χ1n) is 8.85. The number of carboxylic acid groups (broad SMARTS) is 1. The first-order valence-corrected chi connectivity index (χ1v) is 10.1. The number of aliphatic carboxylic acids is 1. The van der Waals surface area contributed by atoms with Gasteiger partial charge in [-0.25, -0.2) is 4.79 Å². The molecular weight excluding hydrogens is 410 g/mol. The largest absolute Gasteiger partial charge is 0.497 e. The molecule has 1 amide bonds. The molecule has 1 aliphatic heterocycles. The number of thioether (sulfide) groups is 1. The molecule has 0 bridgehead atoms. The summed E-state index contributed by atoms with van der Waals surface area (Å²) in [4.78, 5) is 26.2. The third-order valence-electron chi connectivity index (χ3n) is 4.23. The minimum absolute atomic E-state index is 0.256. The maximum atomic E-state index is 13.0. The molecule has 0 radical (unpaired) electrons. The number of thiocarbonyl (C=S) groups is 1. The number of nitrogens with zero attached hydrogens (tertiary/aromatic N) is 1. The predicted octanol–water partition coefficient (Wildman–Crippen LogP) is 4.34. The van der Waals surface area contributed by atoms with Crippen molar-refractivity contribution in [3.05, 3.63) is 59.0 Å². The summed E-state index contributed by atoms with van der Waals surface area (Å²) in [5, 5.41) is 9.26. The van der Waals surface area contributed by atoms with E-state index in [2.05, 4.69) is 0 Å². The molecule has 3 rings (SSSR count). The lowest BCUT2D eigenvalue weighted by Crippen LogP contribution is -2.27. The van der Waals surface area contributed by atoms with Crippen molar-refractivity contribution in [1.82, 2.24) is 0 Å². The molecular formula is C21H19NO5S2. The summed E-state index contributed by atoms with van der Waals surface area (Å²) in [5.41, 5.74) is 1.23. The van der Waals surface area contributed by atoms with Gasteiger partial charge in [-0.2, -0.15) is 0 Å². The average molecular weight is 430 g/mol. The molecule has 0 aromatic heterocycles. The van der Waals surface area contributed by atoms with Crippen LogP contribution in [0.25, 0.3) is 6.08 Å². The summed E-state index contributed by atoms with van der Waals surface area (Å²) in [6.45, 7) is 1.74. The zero-order chi connectivity index (χ0) is 21.0. The van der Waals surface area contributed by atoms with Crippen molar-refractivity contribution in [2.75, 3.05) is 12.0 Å². The van der Waals surface area contributed by atoms with Gasteiger partial charge in [-0.15, -0.1) is 0 Å². The number of methoxy groups -OCH3 is 1. The summed E-state index contributed by atoms with van der Waals surface area (Å²) < 4.78 is 11.3. The molecule has 1 unspecified atom stereocenters. The van der Waals surface area contributed by atoms with Gasteiger partial charge in [0.05, 0.1) is 17.7 Å². The van der Waals surface area contributed by atoms with Gasteiger partial charge >= 0.3 is 5.97 Å². The number of anilines is 1. The smallest absolute Gasteiger partial charge is 0.344 e. The molecule has 1 saturated heterocycles. The Balaban J connectivity index is 1.91. The Morgan fingerprint density at radius 2 is 2.03 bits per heavy atom. The number of para-hydroxylation sites is 1. The molecule has 2 aromatic carbocycles. The highest BCUT2D eigenvalue weighted by atomic mass is 32.2. The Labute approximate surface area is 178 Å². The topological polar surface area (TPSA) is 76.1 Å². The van der Waals surface area contributed by atoms with Crippen LogP contribution in [0.1, 0.15) is 18.9 Å². The summed E-state index contributed by atoms with van der Waals surface area (Å²) in [5.74, 6) is -0.271. The molecule has 150 valence electrons. The standard InChI is InChI=1S/C21H19NO5S2/c1-3-16(20(24)25)27-17-10-5-4-7-13(17)11-18-19(23)22(21(28)29-18)14-8-6-9-15(12-14)26-2/h4-12,16H,3H2,1-2H3,(H,24,25)/b18-11+. The predicted molar refractivity (Wildman–Crippen MR) is 117 cm³/mol. The lowest BCUT2D eigenvalue weighted by molar-refractivity contribution is -0.145. The van der Waals surface area contributed by atoms with Crippen molar-refractivity contribution < 1.29 is 24.2 Å². The lowest BCUT2D eigenvalue weighted by atomic mass is 10.1. The number of amides is 1. The molecule has 2 aromatic rings. The van der Waals surface area contributed by atoms with Crippen molar-refractivity contribution in [1.29, 1.82) is 0 Å². The van der Waals surface area contributed by atoms with E-state index < -0.39 is 12.1 Å². The molecule has 0 aliphatic carbocycles. The van der Waals surface area contributed by atoms with Crippen LogP contribution in [0, 0.1) is 0 Å². The summed E-state index contributed by atoms with van der Waals surface area (Å²) in [6, 6.07) is 14.1. The second kappa shape index (κ2) is 9.11. The van der Waals surface area contributed by atoms with Crippen LogP contribution in [0.3, 0.4) is 0 Å². The minimum atomic E-state index is -1.04. The maximum Gasteiger partial charge on any atom is 0.344 e. The van der Waals surface area contributed by atoms with Crippen LogP contribution < -0.4 is 14.4 Å². The second-order valence-corrected chi connectivity index (χ2v) is 7.79. The highest BCUT2D eigenvalue weighted by Gasteiger charge is 2.33. The van der Waals surface area contributed by atoms with E-state index in [0.29, 0.717) is 38.4 Å². The molecule has 1 heterocycles. The van der Waals surface area contributed by atoms with Crippen LogP contribution in [0.4, 0.5) is 5.69 Å². The Morgan fingerprint density at radius 1 is 1.28 bits per heavy atom. The second-order valence-electron chi connectivity index (χ2n) is 6.11. The molecule has 6 nitrogen and oxygen atoms in total. The number of rotatable bonds is 7. The Kier molecular flexibility index (Phi) is 6.56. The summed E-state index contributed by atoms with van der Waals surface area (Å²) in [6.07, 6.45) is 1.03. The number of hydrogen-bond acceptors (Lipinski definition) is 6. The van der Waals surface area contributed by atoms with Crippen LogP contribution in [-0.2, 0) is 9.59 Å². The summed E-state index contributed by atoms with van der Waals surface area (Å²) in [7, 11) is 1.56. The van der Waals surface area contributed by atoms with Crippen LogP contribution in [-0.4, -0.2) is 34.5 Å². The Hall–Kier alpha value is -2.84. The molecule has 0 spiro atoms. The number of carbonyl (C=O) groups is 2. The number of carbonyl (C=O) groups excluding carboxylic acids is 1. The third kappa shape index (κ3) is 4.60. The highest BCUT2D eigenvalue weighted by molar-refractivity contribution is 8.27. The van der Waals surface area contributed by atoms with Crippen LogP contribution >= 0.6 is 24.0 Å². The van der Waals surface area contributed by atoms with Gasteiger partial charge in [-0.05, 0) is 30.7 Å². The lowest BCUT2D eigenvalue weighted by Gasteiger charge is -2.16. The van der Waals surface area contributed by atoms with E-state index in [1.807, 2.05) is 0 Å². The van der Waals surface area contributed by atoms with Gasteiger partial charge in [0.2, 0.25) is 0 Å². The summed E-state index contributed by atoms with van der Waals surface area (Å²) >= 11 is 6.59. The normalized spacial score (nSPS) is 16.2. The zero-order valence-corrected chi connectivity index (χ0v) is 17.5. The fourth-order valence-electron chi connectivity index (χ4n) is 2.75. The fraction of sp³-hybridized carbons (Fsp3) is 0.190. The van der Waals surface area contributed by atoms with Gasteiger partial charge < -0.3 is 14.6 Å². The van der Waals surface area contributed by atoms with Gasteiger partial charge in [-0.1, -0.05) is 55.2 Å². The van der Waals surface area contributed by atoms with E-state index >= 15 is 0 Å². The SMILES string of the molecule is CCC(Oc1ccccc1/C=C1/SC(=S)N(c2cccc(OC)c2)C1=O)C(=O)O. The number of hydrogen-bond donors (Lipinski definition) is 1. The third-order valence-corrected chi connectivity index (χ3v) is 5.53. The van der Waals surface area contributed by atoms with Crippen LogP contribution in [0.15, 0.2) is 53.4 Å². The van der Waals surface area contributed by atoms with Crippen LogP contribution in [0.2, 0.25) is 0 Å². The number of carboxylic acids is 1. The van der Waals surface area contributed by atoms with Crippen molar-refractivity contribution in [2.24, 2.45) is 0 Å². The molecule has 0 saturated carbocycles.